The van der Waals surface area contributed by atoms with Crippen LogP contribution in [0.25, 0.3) is 0 Å². The molecule has 0 radical (unpaired) electrons. The number of hydrogen-bond donors (Lipinski definition) is 2. The average Bonchev–Trinajstić information content (AvgIpc) is 2.61. The third kappa shape index (κ3) is 6.77. The molecular weight excluding hydrogens is 354 g/mol. The molecule has 0 fully saturated rings. The molecule has 5 nitrogen and oxygen atoms in total. The van der Waals surface area contributed by atoms with Crippen molar-refractivity contribution in [2.75, 3.05) is 7.11 Å². The molecule has 2 rings (SSSR count). The van der Waals surface area contributed by atoms with Crippen LogP contribution >= 0.6 is 0 Å². The Morgan fingerprint density at radius 3 is 2.37 bits per heavy atom. The van der Waals surface area contributed by atoms with Gasteiger partial charge in [0, 0.05) is 6.04 Å². The Kier molecular flexibility index (Phi) is 7.40. The van der Waals surface area contributed by atoms with Gasteiger partial charge >= 0.3 is 12.6 Å². The molecule has 0 aliphatic rings. The molecule has 0 aliphatic heterocycles. The summed E-state index contributed by atoms with van der Waals surface area (Å²) in [5.41, 5.74) is 1.84. The van der Waals surface area contributed by atoms with Crippen molar-refractivity contribution in [3.8, 4) is 11.5 Å². The second-order valence-corrected chi connectivity index (χ2v) is 6.24. The van der Waals surface area contributed by atoms with Crippen LogP contribution in [0.4, 0.5) is 13.6 Å². The van der Waals surface area contributed by atoms with Crippen LogP contribution in [0, 0.1) is 0 Å². The summed E-state index contributed by atoms with van der Waals surface area (Å²) >= 11 is 0. The molecule has 2 aromatic carbocycles. The van der Waals surface area contributed by atoms with Crippen LogP contribution in [0.3, 0.4) is 0 Å². The Bertz CT molecular complexity index is 738. The minimum Gasteiger partial charge on any atom is -0.497 e. The van der Waals surface area contributed by atoms with Crippen LogP contribution in [0.15, 0.2) is 48.5 Å². The summed E-state index contributed by atoms with van der Waals surface area (Å²) in [4.78, 5) is 12.2. The molecule has 7 heteroatoms. The Hall–Kier alpha value is -2.83. The fourth-order valence-corrected chi connectivity index (χ4v) is 2.69. The average molecular weight is 378 g/mol. The van der Waals surface area contributed by atoms with Gasteiger partial charge in [-0.2, -0.15) is 8.78 Å². The van der Waals surface area contributed by atoms with Gasteiger partial charge in [-0.3, -0.25) is 0 Å². The molecule has 0 bridgehead atoms. The van der Waals surface area contributed by atoms with Gasteiger partial charge < -0.3 is 20.1 Å². The van der Waals surface area contributed by atoms with Gasteiger partial charge in [0.05, 0.1) is 13.2 Å². The number of rotatable bonds is 8. The van der Waals surface area contributed by atoms with E-state index in [1.165, 1.54) is 12.1 Å². The van der Waals surface area contributed by atoms with Gasteiger partial charge in [-0.15, -0.1) is 0 Å². The van der Waals surface area contributed by atoms with Crippen LogP contribution in [-0.2, 0) is 6.42 Å². The normalized spacial score (nSPS) is 13.0. The number of amides is 2. The van der Waals surface area contributed by atoms with E-state index in [0.717, 1.165) is 16.9 Å². The lowest BCUT2D eigenvalue weighted by Crippen LogP contribution is -2.42. The maximum Gasteiger partial charge on any atom is 0.387 e. The third-order valence-electron chi connectivity index (χ3n) is 4.01. The second kappa shape index (κ2) is 9.75. The second-order valence-electron chi connectivity index (χ2n) is 6.24. The first-order chi connectivity index (χ1) is 12.9. The summed E-state index contributed by atoms with van der Waals surface area (Å²) in [5, 5.41) is 5.72. The zero-order valence-corrected chi connectivity index (χ0v) is 15.5. The van der Waals surface area contributed by atoms with Crippen LogP contribution in [-0.4, -0.2) is 25.8 Å². The number of carbonyl (C=O) groups is 1. The first-order valence-corrected chi connectivity index (χ1v) is 8.62. The highest BCUT2D eigenvalue weighted by Crippen LogP contribution is 2.19. The molecule has 0 aliphatic carbocycles. The Morgan fingerprint density at radius 1 is 1.04 bits per heavy atom. The zero-order chi connectivity index (χ0) is 19.8. The number of benzene rings is 2. The number of urea groups is 1. The fourth-order valence-electron chi connectivity index (χ4n) is 2.69. The molecular formula is C20H24F2N2O3. The van der Waals surface area contributed by atoms with Crippen LogP contribution < -0.4 is 20.1 Å². The molecule has 2 aromatic rings. The van der Waals surface area contributed by atoms with E-state index < -0.39 is 6.61 Å². The fraction of sp³-hybridized carbons (Fsp3) is 0.350. The maximum atomic E-state index is 12.2. The summed E-state index contributed by atoms with van der Waals surface area (Å²) in [7, 11) is 1.61. The largest absolute Gasteiger partial charge is 0.497 e. The summed E-state index contributed by atoms with van der Waals surface area (Å²) < 4.78 is 33.9. The van der Waals surface area contributed by atoms with Gasteiger partial charge in [-0.05, 0) is 55.7 Å². The Labute approximate surface area is 157 Å². The number of methoxy groups -OCH3 is 1. The molecule has 0 saturated carbocycles. The first kappa shape index (κ1) is 20.5. The lowest BCUT2D eigenvalue weighted by Gasteiger charge is -2.19. The highest BCUT2D eigenvalue weighted by Gasteiger charge is 2.13. The molecule has 0 spiro atoms. The Morgan fingerprint density at radius 2 is 1.74 bits per heavy atom. The van der Waals surface area contributed by atoms with Gasteiger partial charge in [-0.25, -0.2) is 4.79 Å². The Balaban J connectivity index is 1.84. The predicted octanol–water partition coefficient (Wildman–Crippen LogP) is 4.29. The summed E-state index contributed by atoms with van der Waals surface area (Å²) in [6.07, 6.45) is 0.665. The van der Waals surface area contributed by atoms with E-state index in [1.807, 2.05) is 38.1 Å². The topological polar surface area (TPSA) is 59.6 Å². The van der Waals surface area contributed by atoms with E-state index in [2.05, 4.69) is 15.4 Å². The van der Waals surface area contributed by atoms with E-state index in [4.69, 9.17) is 4.74 Å². The van der Waals surface area contributed by atoms with Crippen molar-refractivity contribution >= 4 is 6.03 Å². The van der Waals surface area contributed by atoms with Crippen LogP contribution in [0.1, 0.15) is 31.0 Å². The van der Waals surface area contributed by atoms with Crippen molar-refractivity contribution in [3.63, 3.8) is 0 Å². The van der Waals surface area contributed by atoms with E-state index in [1.54, 1.807) is 19.2 Å². The molecule has 0 aromatic heterocycles. The van der Waals surface area contributed by atoms with Gasteiger partial charge in [-0.1, -0.05) is 24.3 Å². The van der Waals surface area contributed by atoms with Gasteiger partial charge in [0.25, 0.3) is 0 Å². The lowest BCUT2D eigenvalue weighted by molar-refractivity contribution is -0.0498. The summed E-state index contributed by atoms with van der Waals surface area (Å²) in [6.45, 7) is 0.874. The predicted molar refractivity (Wildman–Crippen MR) is 99.3 cm³/mol. The number of nitrogens with one attached hydrogen (secondary N) is 2. The third-order valence-corrected chi connectivity index (χ3v) is 4.01. The SMILES string of the molecule is COc1cccc(CC(C)NC(=O)NC(C)c2ccc(OC(F)F)cc2)c1. The minimum atomic E-state index is -2.86. The molecule has 0 heterocycles. The van der Waals surface area contributed by atoms with Gasteiger partial charge in [0.2, 0.25) is 0 Å². The lowest BCUT2D eigenvalue weighted by atomic mass is 10.1. The van der Waals surface area contributed by atoms with E-state index in [9.17, 15) is 13.6 Å². The summed E-state index contributed by atoms with van der Waals surface area (Å²) in [5.74, 6) is 0.856. The standard InChI is InChI=1S/C20H24F2N2O3/c1-13(11-15-5-4-6-18(12-15)26-3)23-20(25)24-14(2)16-7-9-17(10-8-16)27-19(21)22/h4-10,12-14,19H,11H2,1-3H3,(H2,23,24,25). The highest BCUT2D eigenvalue weighted by molar-refractivity contribution is 5.74. The van der Waals surface area contributed by atoms with E-state index in [-0.39, 0.29) is 23.9 Å². The molecule has 2 N–H and O–H groups in total. The van der Waals surface area contributed by atoms with Gasteiger partial charge in [0.15, 0.2) is 0 Å². The number of ether oxygens (including phenoxy) is 2. The first-order valence-electron chi connectivity index (χ1n) is 8.62. The molecule has 2 atom stereocenters. The molecule has 2 amide bonds. The number of carbonyl (C=O) groups excluding carboxylic acids is 1. The van der Waals surface area contributed by atoms with Crippen molar-refractivity contribution in [2.45, 2.75) is 39.0 Å². The van der Waals surface area contributed by atoms with Gasteiger partial charge in [0.1, 0.15) is 11.5 Å². The van der Waals surface area contributed by atoms with Crippen molar-refractivity contribution in [1.29, 1.82) is 0 Å². The minimum absolute atomic E-state index is 0.0777. The van der Waals surface area contributed by atoms with Crippen LogP contribution in [0.2, 0.25) is 0 Å². The monoisotopic (exact) mass is 378 g/mol. The van der Waals surface area contributed by atoms with Crippen molar-refractivity contribution in [2.24, 2.45) is 0 Å². The van der Waals surface area contributed by atoms with Crippen molar-refractivity contribution < 1.29 is 23.0 Å². The molecule has 27 heavy (non-hydrogen) atoms. The quantitative estimate of drug-likeness (QED) is 0.721. The molecule has 146 valence electrons. The molecule has 2 unspecified atom stereocenters. The van der Waals surface area contributed by atoms with E-state index in [0.29, 0.717) is 6.42 Å². The van der Waals surface area contributed by atoms with Crippen molar-refractivity contribution in [1.82, 2.24) is 10.6 Å². The number of halogens is 2. The van der Waals surface area contributed by atoms with Crippen molar-refractivity contribution in [3.05, 3.63) is 59.7 Å². The number of alkyl halides is 2. The smallest absolute Gasteiger partial charge is 0.387 e. The highest BCUT2D eigenvalue weighted by atomic mass is 19.3. The number of hydrogen-bond acceptors (Lipinski definition) is 3. The maximum absolute atomic E-state index is 12.2. The molecule has 0 saturated heterocycles. The zero-order valence-electron chi connectivity index (χ0n) is 15.5. The summed E-state index contributed by atoms with van der Waals surface area (Å²) in [6, 6.07) is 13.2. The van der Waals surface area contributed by atoms with Crippen LogP contribution in [0.5, 0.6) is 11.5 Å². The van der Waals surface area contributed by atoms with E-state index >= 15 is 0 Å².